The monoisotopic (exact) mass is 398 g/mol. The zero-order valence-corrected chi connectivity index (χ0v) is 16.6. The van der Waals surface area contributed by atoms with Gasteiger partial charge in [0, 0.05) is 31.1 Å². The van der Waals surface area contributed by atoms with Crippen LogP contribution in [0.5, 0.6) is 11.5 Å². The molecule has 1 aliphatic heterocycles. The predicted molar refractivity (Wildman–Crippen MR) is 108 cm³/mol. The standard InChI is InChI=1S/C23H26O6/c1-26-11-12-27-10-9-17-3-2-4-18(15-17)20(24)6-7-21(25)19-5-8-22-23(16-19)29-14-13-28-22/h2-5,8,15-16H,6-7,9-14H2,1H3. The van der Waals surface area contributed by atoms with E-state index in [0.29, 0.717) is 55.7 Å². The number of hydrogen-bond donors (Lipinski definition) is 0. The van der Waals surface area contributed by atoms with Gasteiger partial charge >= 0.3 is 0 Å². The molecule has 0 aliphatic carbocycles. The van der Waals surface area contributed by atoms with E-state index in [1.807, 2.05) is 18.2 Å². The number of carbonyl (C=O) groups is 2. The molecule has 0 amide bonds. The number of hydrogen-bond acceptors (Lipinski definition) is 6. The van der Waals surface area contributed by atoms with Gasteiger partial charge in [0.15, 0.2) is 23.1 Å². The number of Topliss-reactive ketones (excluding diaryl/α,β-unsaturated/α-hetero) is 2. The van der Waals surface area contributed by atoms with Gasteiger partial charge in [-0.2, -0.15) is 0 Å². The Kier molecular flexibility index (Phi) is 7.78. The molecule has 0 radical (unpaired) electrons. The van der Waals surface area contributed by atoms with E-state index >= 15 is 0 Å². The van der Waals surface area contributed by atoms with Gasteiger partial charge in [-0.1, -0.05) is 18.2 Å². The zero-order valence-electron chi connectivity index (χ0n) is 16.6. The SMILES string of the molecule is COCCOCCc1cccc(C(=O)CCC(=O)c2ccc3c(c2)OCCO3)c1. The lowest BCUT2D eigenvalue weighted by Crippen LogP contribution is -2.16. The van der Waals surface area contributed by atoms with Crippen LogP contribution in [0.25, 0.3) is 0 Å². The van der Waals surface area contributed by atoms with Crippen molar-refractivity contribution in [1.29, 1.82) is 0 Å². The first kappa shape index (κ1) is 21.0. The van der Waals surface area contributed by atoms with Gasteiger partial charge < -0.3 is 18.9 Å². The van der Waals surface area contributed by atoms with Gasteiger partial charge in [-0.3, -0.25) is 9.59 Å². The third kappa shape index (κ3) is 6.14. The van der Waals surface area contributed by atoms with Crippen molar-refractivity contribution in [1.82, 2.24) is 0 Å². The fraction of sp³-hybridized carbons (Fsp3) is 0.391. The number of carbonyl (C=O) groups excluding carboxylic acids is 2. The summed E-state index contributed by atoms with van der Waals surface area (Å²) in [6.45, 7) is 2.67. The molecule has 0 N–H and O–H groups in total. The van der Waals surface area contributed by atoms with Crippen molar-refractivity contribution in [2.45, 2.75) is 19.3 Å². The second-order valence-electron chi connectivity index (χ2n) is 6.76. The van der Waals surface area contributed by atoms with Crippen molar-refractivity contribution in [3.63, 3.8) is 0 Å². The quantitative estimate of drug-likeness (QED) is 0.426. The van der Waals surface area contributed by atoms with Gasteiger partial charge in [-0.15, -0.1) is 0 Å². The minimum atomic E-state index is -0.0852. The van der Waals surface area contributed by atoms with Crippen LogP contribution >= 0.6 is 0 Å². The van der Waals surface area contributed by atoms with Crippen molar-refractivity contribution < 1.29 is 28.5 Å². The van der Waals surface area contributed by atoms with Crippen LogP contribution in [-0.2, 0) is 15.9 Å². The van der Waals surface area contributed by atoms with Crippen molar-refractivity contribution in [3.8, 4) is 11.5 Å². The molecule has 3 rings (SSSR count). The molecule has 0 spiro atoms. The van der Waals surface area contributed by atoms with E-state index < -0.39 is 0 Å². The molecular formula is C23H26O6. The van der Waals surface area contributed by atoms with Crippen LogP contribution in [0.1, 0.15) is 39.1 Å². The fourth-order valence-corrected chi connectivity index (χ4v) is 3.07. The molecule has 0 saturated heterocycles. The molecule has 29 heavy (non-hydrogen) atoms. The maximum atomic E-state index is 12.5. The second kappa shape index (κ2) is 10.7. The average Bonchev–Trinajstić information content (AvgIpc) is 2.77. The molecule has 0 atom stereocenters. The van der Waals surface area contributed by atoms with E-state index in [9.17, 15) is 9.59 Å². The number of methoxy groups -OCH3 is 1. The first-order valence-electron chi connectivity index (χ1n) is 9.79. The van der Waals surface area contributed by atoms with Crippen LogP contribution < -0.4 is 9.47 Å². The Morgan fingerprint density at radius 1 is 0.862 bits per heavy atom. The first-order chi connectivity index (χ1) is 14.2. The van der Waals surface area contributed by atoms with Crippen molar-refractivity contribution in [3.05, 3.63) is 59.2 Å². The zero-order chi connectivity index (χ0) is 20.5. The van der Waals surface area contributed by atoms with Crippen molar-refractivity contribution >= 4 is 11.6 Å². The third-order valence-electron chi connectivity index (χ3n) is 4.66. The van der Waals surface area contributed by atoms with Gasteiger partial charge in [-0.25, -0.2) is 0 Å². The Morgan fingerprint density at radius 2 is 1.59 bits per heavy atom. The summed E-state index contributed by atoms with van der Waals surface area (Å²) in [5.41, 5.74) is 2.19. The summed E-state index contributed by atoms with van der Waals surface area (Å²) >= 11 is 0. The first-order valence-corrected chi connectivity index (χ1v) is 9.79. The normalized spacial score (nSPS) is 12.6. The minimum Gasteiger partial charge on any atom is -0.486 e. The van der Waals surface area contributed by atoms with Gasteiger partial charge in [0.1, 0.15) is 13.2 Å². The number of rotatable bonds is 11. The summed E-state index contributed by atoms with van der Waals surface area (Å²) < 4.78 is 21.4. The Balaban J connectivity index is 1.51. The summed E-state index contributed by atoms with van der Waals surface area (Å²) in [4.78, 5) is 25.0. The van der Waals surface area contributed by atoms with E-state index in [4.69, 9.17) is 18.9 Å². The summed E-state index contributed by atoms with van der Waals surface area (Å²) in [7, 11) is 1.64. The molecule has 2 aromatic rings. The van der Waals surface area contributed by atoms with Gasteiger partial charge in [-0.05, 0) is 36.2 Å². The van der Waals surface area contributed by atoms with Crippen LogP contribution in [-0.4, -0.2) is 51.7 Å². The van der Waals surface area contributed by atoms with Crippen molar-refractivity contribution in [2.75, 3.05) is 40.1 Å². The minimum absolute atomic E-state index is 0.0435. The molecule has 6 heteroatoms. The van der Waals surface area contributed by atoms with E-state index in [-0.39, 0.29) is 24.4 Å². The highest BCUT2D eigenvalue weighted by Gasteiger charge is 2.16. The lowest BCUT2D eigenvalue weighted by Gasteiger charge is -2.18. The van der Waals surface area contributed by atoms with Crippen LogP contribution in [0, 0.1) is 0 Å². The molecule has 0 unspecified atom stereocenters. The molecule has 0 saturated carbocycles. The second-order valence-corrected chi connectivity index (χ2v) is 6.76. The number of ether oxygens (including phenoxy) is 4. The fourth-order valence-electron chi connectivity index (χ4n) is 3.07. The van der Waals surface area contributed by atoms with E-state index in [1.165, 1.54) is 0 Å². The molecule has 0 fully saturated rings. The Labute approximate surface area is 170 Å². The maximum absolute atomic E-state index is 12.5. The Hall–Kier alpha value is -2.70. The van der Waals surface area contributed by atoms with Crippen LogP contribution in [0.15, 0.2) is 42.5 Å². The lowest BCUT2D eigenvalue weighted by atomic mass is 9.99. The number of ketones is 2. The summed E-state index contributed by atoms with van der Waals surface area (Å²) in [6, 6.07) is 12.6. The number of benzene rings is 2. The Morgan fingerprint density at radius 3 is 2.34 bits per heavy atom. The highest BCUT2D eigenvalue weighted by molar-refractivity contribution is 6.02. The smallest absolute Gasteiger partial charge is 0.163 e. The lowest BCUT2D eigenvalue weighted by molar-refractivity contribution is 0.0722. The molecule has 154 valence electrons. The van der Waals surface area contributed by atoms with Gasteiger partial charge in [0.05, 0.1) is 19.8 Å². The highest BCUT2D eigenvalue weighted by Crippen LogP contribution is 2.31. The summed E-state index contributed by atoms with van der Waals surface area (Å²) in [5.74, 6) is 1.09. The average molecular weight is 398 g/mol. The van der Waals surface area contributed by atoms with E-state index in [1.54, 1.807) is 31.4 Å². The molecule has 0 aromatic heterocycles. The van der Waals surface area contributed by atoms with Crippen LogP contribution in [0.3, 0.4) is 0 Å². The molecule has 1 aliphatic rings. The molecule has 1 heterocycles. The molecular weight excluding hydrogens is 372 g/mol. The largest absolute Gasteiger partial charge is 0.486 e. The van der Waals surface area contributed by atoms with Gasteiger partial charge in [0.25, 0.3) is 0 Å². The highest BCUT2D eigenvalue weighted by atomic mass is 16.6. The maximum Gasteiger partial charge on any atom is 0.163 e. The van der Waals surface area contributed by atoms with E-state index in [2.05, 4.69) is 0 Å². The van der Waals surface area contributed by atoms with Crippen LogP contribution in [0.2, 0.25) is 0 Å². The Bertz CT molecular complexity index is 845. The summed E-state index contributed by atoms with van der Waals surface area (Å²) in [5, 5.41) is 0. The topological polar surface area (TPSA) is 71.1 Å². The third-order valence-corrected chi connectivity index (χ3v) is 4.66. The molecule has 2 aromatic carbocycles. The van der Waals surface area contributed by atoms with Crippen molar-refractivity contribution in [2.24, 2.45) is 0 Å². The van der Waals surface area contributed by atoms with Crippen LogP contribution in [0.4, 0.5) is 0 Å². The van der Waals surface area contributed by atoms with Gasteiger partial charge in [0.2, 0.25) is 0 Å². The molecule has 6 nitrogen and oxygen atoms in total. The van der Waals surface area contributed by atoms with E-state index in [0.717, 1.165) is 12.0 Å². The molecule has 0 bridgehead atoms. The summed E-state index contributed by atoms with van der Waals surface area (Å²) in [6.07, 6.45) is 1.05. The number of fused-ring (bicyclic) bond motifs is 1. The predicted octanol–water partition coefficient (Wildman–Crippen LogP) is 3.51.